The van der Waals surface area contributed by atoms with Crippen LogP contribution in [0.3, 0.4) is 0 Å². The second-order valence-corrected chi connectivity index (χ2v) is 8.09. The molecule has 0 radical (unpaired) electrons. The van der Waals surface area contributed by atoms with Gasteiger partial charge in [-0.3, -0.25) is 0 Å². The van der Waals surface area contributed by atoms with Crippen molar-refractivity contribution >= 4 is 28.4 Å². The van der Waals surface area contributed by atoms with Crippen LogP contribution < -0.4 is 0 Å². The molecule has 2 heterocycles. The quantitative estimate of drug-likeness (QED) is 0.199. The number of hydrogen-bond acceptors (Lipinski definition) is 6. The van der Waals surface area contributed by atoms with Crippen LogP contribution in [0.25, 0.3) is 27.9 Å². The topological polar surface area (TPSA) is 98.5 Å². The Labute approximate surface area is 178 Å². The van der Waals surface area contributed by atoms with E-state index in [2.05, 4.69) is 26.0 Å². The number of benzene rings is 2. The lowest BCUT2D eigenvalue weighted by Crippen LogP contribution is -2.06. The number of hydrogen-bond donors (Lipinski definition) is 2. The molecule has 0 saturated heterocycles. The summed E-state index contributed by atoms with van der Waals surface area (Å²) >= 11 is 1.30. The molecule has 0 aliphatic carbocycles. The van der Waals surface area contributed by atoms with E-state index in [1.807, 2.05) is 74.5 Å². The molecule has 7 heteroatoms. The first kappa shape index (κ1) is 19.7. The van der Waals surface area contributed by atoms with Gasteiger partial charge in [0.25, 0.3) is 0 Å². The second kappa shape index (κ2) is 8.39. The van der Waals surface area contributed by atoms with Gasteiger partial charge >= 0.3 is 0 Å². The van der Waals surface area contributed by atoms with E-state index in [4.69, 9.17) is 0 Å². The van der Waals surface area contributed by atoms with Gasteiger partial charge in [-0.05, 0) is 32.0 Å². The fourth-order valence-electron chi connectivity index (χ4n) is 3.07. The third kappa shape index (κ3) is 4.04. The molecule has 0 bridgehead atoms. The number of aliphatic hydroxyl groups is 1. The van der Waals surface area contributed by atoms with Gasteiger partial charge in [-0.1, -0.05) is 54.2 Å². The number of aromatic nitrogens is 4. The van der Waals surface area contributed by atoms with Crippen molar-refractivity contribution in [1.29, 1.82) is 5.26 Å². The SMILES string of the molecule is Cc1cc(-c2ccccc2)nc(SC(C)/C(O)=C(\C#N)c2nc3ccccc3[nH]2)n1. The third-order valence-electron chi connectivity index (χ3n) is 4.56. The van der Waals surface area contributed by atoms with Gasteiger partial charge in [0.05, 0.1) is 22.0 Å². The van der Waals surface area contributed by atoms with E-state index in [9.17, 15) is 10.4 Å². The molecular formula is C23H19N5OS. The number of aryl methyl sites for hydroxylation is 1. The number of aromatic amines is 1. The molecule has 2 N–H and O–H groups in total. The van der Waals surface area contributed by atoms with E-state index in [0.717, 1.165) is 28.0 Å². The highest BCUT2D eigenvalue weighted by Gasteiger charge is 2.20. The first-order valence-electron chi connectivity index (χ1n) is 9.41. The van der Waals surface area contributed by atoms with E-state index >= 15 is 0 Å². The van der Waals surface area contributed by atoms with E-state index < -0.39 is 5.25 Å². The average Bonchev–Trinajstić information content (AvgIpc) is 3.18. The monoisotopic (exact) mass is 413 g/mol. The lowest BCUT2D eigenvalue weighted by atomic mass is 10.1. The highest BCUT2D eigenvalue weighted by molar-refractivity contribution is 7.99. The Bertz CT molecular complexity index is 1240. The molecule has 1 atom stereocenters. The maximum atomic E-state index is 10.8. The summed E-state index contributed by atoms with van der Waals surface area (Å²) in [7, 11) is 0. The highest BCUT2D eigenvalue weighted by Crippen LogP contribution is 2.30. The van der Waals surface area contributed by atoms with Gasteiger partial charge in [-0.15, -0.1) is 0 Å². The largest absolute Gasteiger partial charge is 0.510 e. The van der Waals surface area contributed by atoms with Crippen molar-refractivity contribution in [2.75, 3.05) is 0 Å². The summed E-state index contributed by atoms with van der Waals surface area (Å²) in [5.74, 6) is 0.284. The number of nitriles is 1. The zero-order chi connectivity index (χ0) is 21.1. The summed E-state index contributed by atoms with van der Waals surface area (Å²) in [6.45, 7) is 3.72. The summed E-state index contributed by atoms with van der Waals surface area (Å²) in [5, 5.41) is 20.6. The predicted molar refractivity (Wildman–Crippen MR) is 119 cm³/mol. The summed E-state index contributed by atoms with van der Waals surface area (Å²) in [6.07, 6.45) is 0. The molecule has 6 nitrogen and oxygen atoms in total. The number of H-pyrrole nitrogens is 1. The van der Waals surface area contributed by atoms with Crippen LogP contribution in [0, 0.1) is 18.3 Å². The number of para-hydroxylation sites is 2. The fraction of sp³-hybridized carbons (Fsp3) is 0.130. The number of imidazole rings is 1. The molecule has 2 aromatic heterocycles. The maximum absolute atomic E-state index is 10.8. The smallest absolute Gasteiger partial charge is 0.189 e. The molecule has 0 spiro atoms. The van der Waals surface area contributed by atoms with Crippen molar-refractivity contribution < 1.29 is 5.11 Å². The van der Waals surface area contributed by atoms with Crippen LogP contribution in [-0.2, 0) is 0 Å². The predicted octanol–water partition coefficient (Wildman–Crippen LogP) is 5.30. The number of thioether (sulfide) groups is 1. The van der Waals surface area contributed by atoms with Gasteiger partial charge in [0, 0.05) is 11.3 Å². The minimum Gasteiger partial charge on any atom is -0.510 e. The lowest BCUT2D eigenvalue weighted by molar-refractivity contribution is 0.401. The van der Waals surface area contributed by atoms with Crippen LogP contribution in [0.5, 0.6) is 0 Å². The number of allylic oxidation sites excluding steroid dienone is 1. The summed E-state index contributed by atoms with van der Waals surface area (Å²) in [6, 6.07) is 21.4. The van der Waals surface area contributed by atoms with Gasteiger partial charge in [-0.25, -0.2) is 15.0 Å². The van der Waals surface area contributed by atoms with Crippen LogP contribution in [0.1, 0.15) is 18.4 Å². The van der Waals surface area contributed by atoms with Crippen LogP contribution in [0.15, 0.2) is 71.6 Å². The first-order chi connectivity index (χ1) is 14.5. The van der Waals surface area contributed by atoms with E-state index in [1.165, 1.54) is 11.8 Å². The minimum atomic E-state index is -0.432. The van der Waals surface area contributed by atoms with Crippen molar-refractivity contribution in [2.24, 2.45) is 0 Å². The van der Waals surface area contributed by atoms with Crippen LogP contribution in [0.4, 0.5) is 0 Å². The van der Waals surface area contributed by atoms with Crippen LogP contribution in [0.2, 0.25) is 0 Å². The first-order valence-corrected chi connectivity index (χ1v) is 10.3. The van der Waals surface area contributed by atoms with E-state index in [1.54, 1.807) is 0 Å². The van der Waals surface area contributed by atoms with Gasteiger partial charge < -0.3 is 10.1 Å². The molecule has 2 aromatic carbocycles. The van der Waals surface area contributed by atoms with Crippen LogP contribution in [-0.4, -0.2) is 30.3 Å². The Morgan fingerprint density at radius 1 is 1.07 bits per heavy atom. The normalized spacial score (nSPS) is 13.0. The molecule has 0 saturated carbocycles. The van der Waals surface area contributed by atoms with Crippen molar-refractivity contribution in [2.45, 2.75) is 24.3 Å². The van der Waals surface area contributed by atoms with Crippen molar-refractivity contribution in [1.82, 2.24) is 19.9 Å². The Morgan fingerprint density at radius 3 is 2.53 bits per heavy atom. The Kier molecular flexibility index (Phi) is 5.50. The lowest BCUT2D eigenvalue weighted by Gasteiger charge is -2.12. The molecule has 1 unspecified atom stereocenters. The zero-order valence-corrected chi connectivity index (χ0v) is 17.3. The Hall–Kier alpha value is -3.63. The summed E-state index contributed by atoms with van der Waals surface area (Å²) in [4.78, 5) is 16.6. The van der Waals surface area contributed by atoms with E-state index in [0.29, 0.717) is 11.0 Å². The van der Waals surface area contributed by atoms with Crippen LogP contribution >= 0.6 is 11.8 Å². The maximum Gasteiger partial charge on any atom is 0.189 e. The van der Waals surface area contributed by atoms with Gasteiger partial charge in [0.1, 0.15) is 17.4 Å². The summed E-state index contributed by atoms with van der Waals surface area (Å²) in [5.41, 5.74) is 4.31. The van der Waals surface area contributed by atoms with Crippen molar-refractivity contribution in [3.8, 4) is 17.3 Å². The molecule has 0 aliphatic rings. The number of nitrogens with one attached hydrogen (secondary N) is 1. The van der Waals surface area contributed by atoms with Crippen molar-refractivity contribution in [3.05, 3.63) is 77.9 Å². The standard InChI is InChI=1S/C23H19N5OS/c1-14-12-20(16-8-4-3-5-9-16)28-23(25-14)30-15(2)21(29)17(13-24)22-26-18-10-6-7-11-19(18)27-22/h3-12,15,29H,1-2H3,(H,26,27)/b21-17-. The average molecular weight is 414 g/mol. The molecular weight excluding hydrogens is 394 g/mol. The Balaban J connectivity index is 1.64. The van der Waals surface area contributed by atoms with Gasteiger partial charge in [-0.2, -0.15) is 5.26 Å². The summed E-state index contributed by atoms with van der Waals surface area (Å²) < 4.78 is 0. The number of aliphatic hydroxyl groups excluding tert-OH is 1. The molecule has 148 valence electrons. The van der Waals surface area contributed by atoms with Gasteiger partial charge in [0.2, 0.25) is 0 Å². The number of rotatable bonds is 5. The zero-order valence-electron chi connectivity index (χ0n) is 16.5. The highest BCUT2D eigenvalue weighted by atomic mass is 32.2. The number of fused-ring (bicyclic) bond motifs is 1. The molecule has 4 rings (SSSR count). The minimum absolute atomic E-state index is 0.0621. The van der Waals surface area contributed by atoms with Gasteiger partial charge in [0.15, 0.2) is 11.0 Å². The second-order valence-electron chi connectivity index (χ2n) is 6.78. The molecule has 0 amide bonds. The molecule has 4 aromatic rings. The third-order valence-corrected chi connectivity index (χ3v) is 5.53. The number of nitrogens with zero attached hydrogens (tertiary/aromatic N) is 4. The molecule has 0 fully saturated rings. The Morgan fingerprint density at radius 2 is 1.80 bits per heavy atom. The fourth-order valence-corrected chi connectivity index (χ4v) is 3.96. The molecule has 0 aliphatic heterocycles. The van der Waals surface area contributed by atoms with E-state index in [-0.39, 0.29) is 11.3 Å². The molecule has 30 heavy (non-hydrogen) atoms. The van der Waals surface area contributed by atoms with Crippen molar-refractivity contribution in [3.63, 3.8) is 0 Å².